The molecule has 0 aromatic carbocycles. The van der Waals surface area contributed by atoms with E-state index in [0.29, 0.717) is 13.1 Å². The van der Waals surface area contributed by atoms with Crippen molar-refractivity contribution in [2.45, 2.75) is 160 Å². The molecule has 8 aromatic heterocycles. The predicted octanol–water partition coefficient (Wildman–Crippen LogP) is 11.8. The number of ether oxygens (including phenoxy) is 1. The number of amides is 4. The summed E-state index contributed by atoms with van der Waals surface area (Å²) >= 11 is 0. The smallest absolute Gasteiger partial charge is 0.414 e. The standard InChI is InChI=1S/C11H14N2O2.C11H14N2O.C10H14N2O2S.2C10H12N2O.C10H14N2.C9H12N2O2S.C9H12N2OS/c1-11(2)7-13(10(14)15-3)9-4-5-12-6-8(9)11;1-8(14)13-7-11(2,3)9-6-12-5-4-10(9)13;1-10(2)7-12(15(3,13)14)9-4-5-11-6-8(9)10;1-10(2)7-6-11-5-4-8(7)12(3)9(10)13;1-10(2)6-12(7-13)9-3-4-11-5-8(9)10;1-10(2)7-12(3)9-4-5-11-6-8(9)10;1-9(2)7-6-10-5-4-8(7)11(3)14(9,12)13;1-9(2)7-6-10-5-4-8(7)11(3)13(9)12/h4-6H,7H2,1-3H3;4-6H,7H2,1-3H3;4-6H,7H2,1-3H3;4-6H,1-3H3;3-5,7H,6H2,1-2H3;4-6H,7H2,1-3H3;4-6H,1-3H3;4-6H,1-3H3. The van der Waals surface area contributed by atoms with Gasteiger partial charge in [0.05, 0.1) is 63.3 Å². The Morgan fingerprint density at radius 1 is 0.468 bits per heavy atom. The highest BCUT2D eigenvalue weighted by Gasteiger charge is 2.49. The molecule has 26 nitrogen and oxygen atoms in total. The second-order valence-corrected chi connectivity index (χ2v) is 39.3. The van der Waals surface area contributed by atoms with Crippen LogP contribution in [-0.2, 0) is 92.1 Å². The van der Waals surface area contributed by atoms with Crippen molar-refractivity contribution in [1.29, 1.82) is 0 Å². The molecule has 8 aliphatic rings. The van der Waals surface area contributed by atoms with Gasteiger partial charge in [-0.3, -0.25) is 72.1 Å². The van der Waals surface area contributed by atoms with Crippen molar-refractivity contribution >= 4 is 101 Å². The zero-order valence-corrected chi connectivity index (χ0v) is 69.4. The highest BCUT2D eigenvalue weighted by atomic mass is 32.2. The fourth-order valence-electron chi connectivity index (χ4n) is 15.0. The first kappa shape index (κ1) is 83.2. The molecule has 0 aliphatic carbocycles. The van der Waals surface area contributed by atoms with Crippen LogP contribution in [0.1, 0.15) is 162 Å². The van der Waals surface area contributed by atoms with Crippen LogP contribution < -0.4 is 37.4 Å². The number of hydrogen-bond donors (Lipinski definition) is 0. The lowest BCUT2D eigenvalue weighted by molar-refractivity contribution is -0.121. The minimum Gasteiger partial charge on any atom is -0.452 e. The van der Waals surface area contributed by atoms with E-state index in [2.05, 4.69) is 113 Å². The highest BCUT2D eigenvalue weighted by Crippen LogP contribution is 2.48. The van der Waals surface area contributed by atoms with Crippen LogP contribution in [0, 0.1) is 0 Å². The molecule has 0 saturated heterocycles. The van der Waals surface area contributed by atoms with Crippen LogP contribution in [0.3, 0.4) is 0 Å². The van der Waals surface area contributed by atoms with E-state index >= 15 is 0 Å². The lowest BCUT2D eigenvalue weighted by atomic mass is 9.87. The number of methoxy groups -OCH3 is 1. The van der Waals surface area contributed by atoms with E-state index in [9.17, 15) is 40.2 Å². The Balaban J connectivity index is 0.000000144. The van der Waals surface area contributed by atoms with E-state index < -0.39 is 41.2 Å². The van der Waals surface area contributed by atoms with Gasteiger partial charge in [-0.15, -0.1) is 0 Å². The number of nitrogens with zero attached hydrogens (tertiary/aromatic N) is 16. The molecule has 582 valence electrons. The van der Waals surface area contributed by atoms with E-state index in [-0.39, 0.29) is 49.7 Å². The van der Waals surface area contributed by atoms with E-state index in [0.717, 1.165) is 105 Å². The summed E-state index contributed by atoms with van der Waals surface area (Å²) in [5.74, 6) is 0.235. The van der Waals surface area contributed by atoms with Gasteiger partial charge in [-0.25, -0.2) is 25.8 Å². The third kappa shape index (κ3) is 16.3. The van der Waals surface area contributed by atoms with Gasteiger partial charge in [0.15, 0.2) is 0 Å². The maximum Gasteiger partial charge on any atom is 0.414 e. The van der Waals surface area contributed by atoms with Gasteiger partial charge in [0, 0.05) is 244 Å². The van der Waals surface area contributed by atoms with E-state index in [1.807, 2.05) is 115 Å². The summed E-state index contributed by atoms with van der Waals surface area (Å²) in [6.07, 6.45) is 29.9. The largest absolute Gasteiger partial charge is 0.452 e. The highest BCUT2D eigenvalue weighted by molar-refractivity contribution is 7.94. The first-order chi connectivity index (χ1) is 50.6. The number of sulfonamides is 2. The average molecular weight is 1550 g/mol. The first-order valence-corrected chi connectivity index (χ1v) is 40.1. The molecule has 0 saturated carbocycles. The van der Waals surface area contributed by atoms with Gasteiger partial charge in [-0.2, -0.15) is 0 Å². The Hall–Kier alpha value is -9.87. The number of carbonyl (C=O) groups excluding carboxylic acids is 4. The number of fused-ring (bicyclic) bond motifs is 8. The first-order valence-electron chi connectivity index (χ1n) is 35.7. The maximum absolute atomic E-state index is 12.0. The summed E-state index contributed by atoms with van der Waals surface area (Å²) in [5, 5.41) is 0. The van der Waals surface area contributed by atoms with Crippen molar-refractivity contribution in [2.24, 2.45) is 0 Å². The Kier molecular flexibility index (Phi) is 23.6. The number of hydrogen-bond acceptors (Lipinski definition) is 19. The molecule has 29 heteroatoms. The van der Waals surface area contributed by atoms with Crippen LogP contribution in [0.15, 0.2) is 148 Å². The van der Waals surface area contributed by atoms with Crippen molar-refractivity contribution in [3.8, 4) is 0 Å². The summed E-state index contributed by atoms with van der Waals surface area (Å²) < 4.78 is 67.2. The van der Waals surface area contributed by atoms with Gasteiger partial charge < -0.3 is 24.3 Å². The summed E-state index contributed by atoms with van der Waals surface area (Å²) in [4.78, 5) is 87.2. The molecule has 0 spiro atoms. The van der Waals surface area contributed by atoms with Crippen LogP contribution in [0.5, 0.6) is 0 Å². The molecule has 0 radical (unpaired) electrons. The summed E-state index contributed by atoms with van der Waals surface area (Å²) in [6, 6.07) is 15.0. The number of aromatic nitrogens is 8. The molecule has 8 aromatic rings. The third-order valence-electron chi connectivity index (χ3n) is 21.3. The molecule has 8 aliphatic heterocycles. The average Bonchev–Trinajstić information content (AvgIpc) is 1.57. The van der Waals surface area contributed by atoms with Gasteiger partial charge in [-0.05, 0) is 90.1 Å². The Morgan fingerprint density at radius 3 is 1.27 bits per heavy atom. The molecule has 0 N–H and O–H groups in total. The number of likely N-dealkylation sites (N-methyl/N-ethyl adjacent to an activating group) is 2. The molecule has 16 heterocycles. The van der Waals surface area contributed by atoms with E-state index in [1.54, 1.807) is 134 Å². The topological polar surface area (TPSA) is 292 Å². The molecule has 0 bridgehead atoms. The van der Waals surface area contributed by atoms with Gasteiger partial charge in [0.25, 0.3) is 0 Å². The van der Waals surface area contributed by atoms with Gasteiger partial charge in [0.2, 0.25) is 38.3 Å². The molecule has 16 rings (SSSR count). The Bertz CT molecular complexity index is 4920. The minimum atomic E-state index is -3.27. The van der Waals surface area contributed by atoms with Crippen molar-refractivity contribution in [1.82, 2.24) is 39.9 Å². The minimum absolute atomic E-state index is 0.0231. The van der Waals surface area contributed by atoms with Crippen LogP contribution >= 0.6 is 0 Å². The number of carbonyl (C=O) groups is 4. The SMILES string of the molecule is CC(=O)N1CC(C)(C)c2cnccc21.CC1(C)CN(C=O)c2ccncc21.CC1(C)CN(S(C)(=O)=O)c2ccncc21.CN1C(=O)C(C)(C)c2cnccc21.CN1CC(C)(C)c2cnccc21.CN1c2ccncc2C(C)(C)S1(=O)=O.CN1c2ccncc2C(C)(C)S1=O.COC(=O)N1CC(C)(C)c2cnccc21. The Morgan fingerprint density at radius 2 is 0.826 bits per heavy atom. The second kappa shape index (κ2) is 30.9. The zero-order valence-electron chi connectivity index (χ0n) is 66.9. The summed E-state index contributed by atoms with van der Waals surface area (Å²) in [6.45, 7) is 37.8. The maximum atomic E-state index is 12.0. The predicted molar refractivity (Wildman–Crippen MR) is 432 cm³/mol. The van der Waals surface area contributed by atoms with Gasteiger partial charge in [0.1, 0.15) is 15.7 Å². The molecule has 109 heavy (non-hydrogen) atoms. The van der Waals surface area contributed by atoms with Crippen LogP contribution in [0.25, 0.3) is 0 Å². The molecule has 1 atom stereocenters. The van der Waals surface area contributed by atoms with Crippen molar-refractivity contribution in [2.75, 3.05) is 112 Å². The van der Waals surface area contributed by atoms with E-state index in [4.69, 9.17) is 4.74 Å². The van der Waals surface area contributed by atoms with Crippen molar-refractivity contribution < 1.29 is 45.0 Å². The van der Waals surface area contributed by atoms with E-state index in [1.165, 1.54) is 33.2 Å². The molecule has 4 amide bonds. The van der Waals surface area contributed by atoms with Gasteiger partial charge in [-0.1, -0.05) is 69.2 Å². The third-order valence-corrected chi connectivity index (χ3v) is 26.6. The van der Waals surface area contributed by atoms with Crippen LogP contribution in [0.2, 0.25) is 0 Å². The molecule has 0 fully saturated rings. The van der Waals surface area contributed by atoms with Crippen LogP contribution in [0.4, 0.5) is 50.3 Å². The lowest BCUT2D eigenvalue weighted by Crippen LogP contribution is -2.33. The monoisotopic (exact) mass is 1540 g/mol. The van der Waals surface area contributed by atoms with Gasteiger partial charge >= 0.3 is 6.09 Å². The summed E-state index contributed by atoms with van der Waals surface area (Å²) in [5.41, 5.74) is 16.0. The molecular formula is C80H104N16O10S3. The Labute approximate surface area is 645 Å². The lowest BCUT2D eigenvalue weighted by Gasteiger charge is -2.19. The zero-order chi connectivity index (χ0) is 80.7. The number of rotatable bonds is 2. The van der Waals surface area contributed by atoms with Crippen molar-refractivity contribution in [3.05, 3.63) is 192 Å². The normalized spacial score (nSPS) is 19.7. The van der Waals surface area contributed by atoms with Crippen LogP contribution in [-0.4, -0.2) is 160 Å². The second-order valence-electron chi connectivity index (χ2n) is 32.8. The number of pyridine rings is 8. The molecular weight excluding hydrogens is 1440 g/mol. The summed E-state index contributed by atoms with van der Waals surface area (Å²) in [7, 11) is 1.32. The fraction of sp³-hybridized carbons (Fsp3) is 0.450. The number of anilines is 8. The quantitative estimate of drug-likeness (QED) is 0.145. The van der Waals surface area contributed by atoms with Crippen molar-refractivity contribution in [3.63, 3.8) is 0 Å². The molecule has 1 unspecified atom stereocenters. The fourth-order valence-corrected chi connectivity index (χ4v) is 19.0.